The molecule has 1 aromatic rings. The maximum absolute atomic E-state index is 6.03. The molecule has 0 amide bonds. The van der Waals surface area contributed by atoms with Gasteiger partial charge in [-0.15, -0.1) is 0 Å². The molecule has 0 saturated carbocycles. The highest BCUT2D eigenvalue weighted by atomic mass is 16.6. The van der Waals surface area contributed by atoms with Crippen molar-refractivity contribution in [1.82, 2.24) is 9.88 Å². The lowest BCUT2D eigenvalue weighted by Gasteiger charge is -2.36. The van der Waals surface area contributed by atoms with E-state index in [1.807, 2.05) is 13.1 Å². The predicted octanol–water partition coefficient (Wildman–Crippen LogP) is 1.31. The van der Waals surface area contributed by atoms with Gasteiger partial charge < -0.3 is 23.8 Å². The second-order valence-corrected chi connectivity index (χ2v) is 7.95. The van der Waals surface area contributed by atoms with Crippen molar-refractivity contribution >= 4 is 18.3 Å². The summed E-state index contributed by atoms with van der Waals surface area (Å²) in [5.41, 5.74) is 3.06. The SMILES string of the molecule is CO[C@@H](C)c1ncc(N2CCN(C)CC2)cc1B1OCC(C)(C)CO1. The lowest BCUT2D eigenvalue weighted by molar-refractivity contribution is 0.0338. The number of hydrogen-bond donors (Lipinski definition) is 0. The van der Waals surface area contributed by atoms with Crippen molar-refractivity contribution in [3.63, 3.8) is 0 Å². The monoisotopic (exact) mass is 347 g/mol. The van der Waals surface area contributed by atoms with Crippen molar-refractivity contribution in [3.05, 3.63) is 18.0 Å². The maximum atomic E-state index is 6.03. The third kappa shape index (κ3) is 4.34. The first kappa shape index (κ1) is 18.6. The Bertz CT molecular complexity index is 581. The highest BCUT2D eigenvalue weighted by Crippen LogP contribution is 2.24. The number of piperazine rings is 1. The average molecular weight is 347 g/mol. The topological polar surface area (TPSA) is 47.1 Å². The highest BCUT2D eigenvalue weighted by molar-refractivity contribution is 6.62. The first-order valence-corrected chi connectivity index (χ1v) is 9.09. The third-order valence-electron chi connectivity index (χ3n) is 5.05. The molecule has 3 rings (SSSR count). The van der Waals surface area contributed by atoms with Crippen LogP contribution in [0.3, 0.4) is 0 Å². The molecule has 6 nitrogen and oxygen atoms in total. The Kier molecular flexibility index (Phi) is 5.68. The molecule has 1 aromatic heterocycles. The lowest BCUT2D eigenvalue weighted by atomic mass is 9.74. The quantitative estimate of drug-likeness (QED) is 0.766. The standard InChI is InChI=1S/C18H30BN3O3/c1-14(23-5)17-16(19-24-12-18(2,3)13-25-19)10-15(11-20-17)22-8-6-21(4)7-9-22/h10-11,14H,6-9,12-13H2,1-5H3/t14-/m0/s1. The van der Waals surface area contributed by atoms with Crippen LogP contribution in [0.4, 0.5) is 5.69 Å². The molecule has 0 aromatic carbocycles. The van der Waals surface area contributed by atoms with E-state index >= 15 is 0 Å². The fourth-order valence-electron chi connectivity index (χ4n) is 3.23. The Hall–Kier alpha value is -1.15. The molecule has 7 heteroatoms. The van der Waals surface area contributed by atoms with E-state index in [9.17, 15) is 0 Å². The van der Waals surface area contributed by atoms with Gasteiger partial charge in [0.25, 0.3) is 0 Å². The number of rotatable bonds is 4. The van der Waals surface area contributed by atoms with Gasteiger partial charge in [-0.3, -0.25) is 4.98 Å². The Morgan fingerprint density at radius 1 is 1.20 bits per heavy atom. The van der Waals surface area contributed by atoms with E-state index < -0.39 is 0 Å². The first-order chi connectivity index (χ1) is 11.9. The minimum Gasteiger partial charge on any atom is -0.407 e. The van der Waals surface area contributed by atoms with Crippen molar-refractivity contribution in [3.8, 4) is 0 Å². The van der Waals surface area contributed by atoms with Crippen LogP contribution in [0.5, 0.6) is 0 Å². The molecule has 2 fully saturated rings. The smallest absolute Gasteiger partial charge is 0.407 e. The van der Waals surface area contributed by atoms with Crippen molar-refractivity contribution in [2.75, 3.05) is 58.5 Å². The van der Waals surface area contributed by atoms with E-state index in [4.69, 9.17) is 19.0 Å². The summed E-state index contributed by atoms with van der Waals surface area (Å²) in [4.78, 5) is 9.44. The molecule has 2 saturated heterocycles. The number of hydrogen-bond acceptors (Lipinski definition) is 6. The van der Waals surface area contributed by atoms with Gasteiger partial charge in [0.15, 0.2) is 0 Å². The first-order valence-electron chi connectivity index (χ1n) is 9.09. The van der Waals surface area contributed by atoms with Crippen molar-refractivity contribution in [1.29, 1.82) is 0 Å². The molecule has 0 spiro atoms. The molecule has 0 aliphatic carbocycles. The second kappa shape index (κ2) is 7.62. The molecule has 2 aliphatic rings. The fraction of sp³-hybridized carbons (Fsp3) is 0.722. The van der Waals surface area contributed by atoms with Crippen LogP contribution in [-0.4, -0.2) is 70.6 Å². The number of ether oxygens (including phenoxy) is 1. The van der Waals surface area contributed by atoms with E-state index in [2.05, 4.69) is 36.8 Å². The van der Waals surface area contributed by atoms with Crippen LogP contribution in [-0.2, 0) is 14.0 Å². The summed E-state index contributed by atoms with van der Waals surface area (Å²) >= 11 is 0. The zero-order chi connectivity index (χ0) is 18.0. The summed E-state index contributed by atoms with van der Waals surface area (Å²) in [6.45, 7) is 11.8. The van der Waals surface area contributed by atoms with Crippen molar-refractivity contribution < 1.29 is 14.0 Å². The molecule has 0 bridgehead atoms. The Morgan fingerprint density at radius 2 is 1.84 bits per heavy atom. The lowest BCUT2D eigenvalue weighted by Crippen LogP contribution is -2.50. The van der Waals surface area contributed by atoms with Crippen LogP contribution >= 0.6 is 0 Å². The molecular formula is C18H30BN3O3. The Labute approximate surface area is 151 Å². The van der Waals surface area contributed by atoms with Crippen molar-refractivity contribution in [2.45, 2.75) is 26.9 Å². The molecule has 3 heterocycles. The van der Waals surface area contributed by atoms with E-state index in [1.165, 1.54) is 0 Å². The fourth-order valence-corrected chi connectivity index (χ4v) is 3.23. The minimum absolute atomic E-state index is 0.0476. The van der Waals surface area contributed by atoms with Crippen molar-refractivity contribution in [2.24, 2.45) is 5.41 Å². The summed E-state index contributed by atoms with van der Waals surface area (Å²) in [7, 11) is 3.49. The third-order valence-corrected chi connectivity index (χ3v) is 5.05. The molecule has 0 N–H and O–H groups in total. The second-order valence-electron chi connectivity index (χ2n) is 7.95. The van der Waals surface area contributed by atoms with Gasteiger partial charge in [-0.05, 0) is 20.0 Å². The van der Waals surface area contributed by atoms with Gasteiger partial charge in [-0.25, -0.2) is 0 Å². The number of methoxy groups -OCH3 is 1. The number of anilines is 1. The predicted molar refractivity (Wildman–Crippen MR) is 100 cm³/mol. The summed E-state index contributed by atoms with van der Waals surface area (Å²) in [5.74, 6) is 0. The zero-order valence-electron chi connectivity index (χ0n) is 16.1. The molecule has 138 valence electrons. The van der Waals surface area contributed by atoms with Crippen LogP contribution < -0.4 is 10.4 Å². The molecule has 25 heavy (non-hydrogen) atoms. The van der Waals surface area contributed by atoms with Crippen LogP contribution in [0.15, 0.2) is 12.3 Å². The van der Waals surface area contributed by atoms with E-state index in [-0.39, 0.29) is 18.6 Å². The van der Waals surface area contributed by atoms with Gasteiger partial charge >= 0.3 is 7.12 Å². The van der Waals surface area contributed by atoms with Crippen LogP contribution in [0.25, 0.3) is 0 Å². The highest BCUT2D eigenvalue weighted by Gasteiger charge is 2.36. The molecule has 2 aliphatic heterocycles. The van der Waals surface area contributed by atoms with E-state index in [1.54, 1.807) is 7.11 Å². The summed E-state index contributed by atoms with van der Waals surface area (Å²) in [5, 5.41) is 0. The number of pyridine rings is 1. The molecule has 0 radical (unpaired) electrons. The largest absolute Gasteiger partial charge is 0.495 e. The number of aromatic nitrogens is 1. The summed E-state index contributed by atoms with van der Waals surface area (Å²) in [6, 6.07) is 2.17. The van der Waals surface area contributed by atoms with Gasteiger partial charge in [0.05, 0.1) is 23.7 Å². The average Bonchev–Trinajstić information content (AvgIpc) is 2.61. The molecular weight excluding hydrogens is 317 g/mol. The maximum Gasteiger partial charge on any atom is 0.495 e. The molecule has 0 unspecified atom stereocenters. The number of nitrogens with zero attached hydrogens (tertiary/aromatic N) is 3. The Balaban J connectivity index is 1.86. The molecule has 1 atom stereocenters. The van der Waals surface area contributed by atoms with Gasteiger partial charge in [0.1, 0.15) is 0 Å². The van der Waals surface area contributed by atoms with Gasteiger partial charge in [-0.2, -0.15) is 0 Å². The van der Waals surface area contributed by atoms with Gasteiger partial charge in [-0.1, -0.05) is 13.8 Å². The zero-order valence-corrected chi connectivity index (χ0v) is 16.1. The van der Waals surface area contributed by atoms with E-state index in [0.717, 1.165) is 43.0 Å². The summed E-state index contributed by atoms with van der Waals surface area (Å²) in [6.07, 6.45) is 1.85. The van der Waals surface area contributed by atoms with Gasteiger partial charge in [0, 0.05) is 57.4 Å². The van der Waals surface area contributed by atoms with Gasteiger partial charge in [0.2, 0.25) is 0 Å². The normalized spacial score (nSPS) is 22.9. The van der Waals surface area contributed by atoms with E-state index in [0.29, 0.717) is 13.2 Å². The minimum atomic E-state index is -0.375. The Morgan fingerprint density at radius 3 is 2.44 bits per heavy atom. The summed E-state index contributed by atoms with van der Waals surface area (Å²) < 4.78 is 17.6. The van der Waals surface area contributed by atoms with Crippen LogP contribution in [0.2, 0.25) is 0 Å². The van der Waals surface area contributed by atoms with Crippen LogP contribution in [0.1, 0.15) is 32.6 Å². The number of likely N-dealkylation sites (N-methyl/N-ethyl adjacent to an activating group) is 1. The van der Waals surface area contributed by atoms with Crippen LogP contribution in [0, 0.1) is 5.41 Å².